The van der Waals surface area contributed by atoms with Crippen molar-refractivity contribution in [3.63, 3.8) is 0 Å². The number of carbonyl (C=O) groups excluding carboxylic acids is 2. The van der Waals surface area contributed by atoms with Gasteiger partial charge in [0.1, 0.15) is 5.75 Å². The highest BCUT2D eigenvalue weighted by molar-refractivity contribution is 5.98. The van der Waals surface area contributed by atoms with Crippen LogP contribution >= 0.6 is 0 Å². The lowest BCUT2D eigenvalue weighted by Crippen LogP contribution is -2.30. The van der Waals surface area contributed by atoms with Crippen molar-refractivity contribution in [2.75, 3.05) is 5.32 Å². The van der Waals surface area contributed by atoms with Gasteiger partial charge in [0.15, 0.2) is 11.9 Å². The van der Waals surface area contributed by atoms with Gasteiger partial charge in [-0.25, -0.2) is 0 Å². The SMILES string of the molecule is CC(=O)c1cccc(NC(=O)C(C)Oc2ccc3ccccc3c2)c1. The van der Waals surface area contributed by atoms with Crippen LogP contribution in [0.4, 0.5) is 5.69 Å². The molecule has 1 atom stereocenters. The van der Waals surface area contributed by atoms with Gasteiger partial charge in [-0.1, -0.05) is 42.5 Å². The van der Waals surface area contributed by atoms with E-state index in [4.69, 9.17) is 4.74 Å². The maximum Gasteiger partial charge on any atom is 0.265 e. The number of amides is 1. The predicted molar refractivity (Wildman–Crippen MR) is 99.1 cm³/mol. The van der Waals surface area contributed by atoms with E-state index in [0.29, 0.717) is 17.0 Å². The number of Topliss-reactive ketones (excluding diaryl/α,β-unsaturated/α-hetero) is 1. The molecule has 25 heavy (non-hydrogen) atoms. The summed E-state index contributed by atoms with van der Waals surface area (Å²) in [6, 6.07) is 20.5. The molecule has 0 radical (unpaired) electrons. The molecule has 0 saturated heterocycles. The van der Waals surface area contributed by atoms with Gasteiger partial charge in [0.2, 0.25) is 0 Å². The Morgan fingerprint density at radius 2 is 1.68 bits per heavy atom. The Hall–Kier alpha value is -3.14. The van der Waals surface area contributed by atoms with Gasteiger partial charge >= 0.3 is 0 Å². The summed E-state index contributed by atoms with van der Waals surface area (Å²) in [7, 11) is 0. The first kappa shape index (κ1) is 16.7. The normalized spacial score (nSPS) is 11.8. The van der Waals surface area contributed by atoms with E-state index in [9.17, 15) is 9.59 Å². The Kier molecular flexibility index (Phi) is 4.80. The highest BCUT2D eigenvalue weighted by Gasteiger charge is 2.15. The summed E-state index contributed by atoms with van der Waals surface area (Å²) >= 11 is 0. The summed E-state index contributed by atoms with van der Waals surface area (Å²) in [5, 5.41) is 4.95. The number of anilines is 1. The van der Waals surface area contributed by atoms with Crippen molar-refractivity contribution < 1.29 is 14.3 Å². The zero-order chi connectivity index (χ0) is 17.8. The molecule has 0 aromatic heterocycles. The summed E-state index contributed by atoms with van der Waals surface area (Å²) in [6.45, 7) is 3.19. The molecule has 0 spiro atoms. The van der Waals surface area contributed by atoms with Crippen molar-refractivity contribution >= 4 is 28.2 Å². The minimum absolute atomic E-state index is 0.0449. The monoisotopic (exact) mass is 333 g/mol. The van der Waals surface area contributed by atoms with E-state index in [0.717, 1.165) is 10.8 Å². The van der Waals surface area contributed by atoms with Crippen LogP contribution in [0.2, 0.25) is 0 Å². The van der Waals surface area contributed by atoms with Crippen LogP contribution in [0.3, 0.4) is 0 Å². The third kappa shape index (κ3) is 4.04. The van der Waals surface area contributed by atoms with Crippen molar-refractivity contribution in [2.45, 2.75) is 20.0 Å². The lowest BCUT2D eigenvalue weighted by molar-refractivity contribution is -0.122. The van der Waals surface area contributed by atoms with E-state index >= 15 is 0 Å². The van der Waals surface area contributed by atoms with Gasteiger partial charge < -0.3 is 10.1 Å². The van der Waals surface area contributed by atoms with Crippen molar-refractivity contribution in [3.8, 4) is 5.75 Å². The molecule has 4 heteroatoms. The van der Waals surface area contributed by atoms with Gasteiger partial charge in [-0.05, 0) is 48.9 Å². The summed E-state index contributed by atoms with van der Waals surface area (Å²) in [4.78, 5) is 23.8. The number of rotatable bonds is 5. The summed E-state index contributed by atoms with van der Waals surface area (Å²) < 4.78 is 5.76. The van der Waals surface area contributed by atoms with Crippen molar-refractivity contribution in [1.29, 1.82) is 0 Å². The molecule has 3 aromatic carbocycles. The molecule has 0 bridgehead atoms. The summed E-state index contributed by atoms with van der Waals surface area (Å²) in [5.41, 5.74) is 1.13. The smallest absolute Gasteiger partial charge is 0.265 e. The number of ether oxygens (including phenoxy) is 1. The molecule has 0 aliphatic heterocycles. The number of carbonyl (C=O) groups is 2. The summed E-state index contributed by atoms with van der Waals surface area (Å²) in [6.07, 6.45) is -0.665. The van der Waals surface area contributed by atoms with Gasteiger partial charge in [-0.3, -0.25) is 9.59 Å². The molecule has 1 amide bonds. The second kappa shape index (κ2) is 7.18. The first-order valence-electron chi connectivity index (χ1n) is 8.10. The van der Waals surface area contributed by atoms with Crippen LogP contribution in [0.15, 0.2) is 66.7 Å². The zero-order valence-corrected chi connectivity index (χ0v) is 14.2. The Morgan fingerprint density at radius 1 is 0.920 bits per heavy atom. The molecule has 0 heterocycles. The predicted octanol–water partition coefficient (Wildman–Crippen LogP) is 4.45. The quantitative estimate of drug-likeness (QED) is 0.702. The maximum absolute atomic E-state index is 12.3. The molecule has 0 aliphatic carbocycles. The van der Waals surface area contributed by atoms with E-state index in [1.54, 1.807) is 31.2 Å². The average Bonchev–Trinajstić information content (AvgIpc) is 2.61. The first-order valence-corrected chi connectivity index (χ1v) is 8.10. The Balaban J connectivity index is 1.69. The fourth-order valence-corrected chi connectivity index (χ4v) is 2.56. The van der Waals surface area contributed by atoms with E-state index in [2.05, 4.69) is 5.32 Å². The number of ketones is 1. The molecular formula is C21H19NO3. The van der Waals surface area contributed by atoms with Gasteiger partial charge in [-0.15, -0.1) is 0 Å². The Morgan fingerprint density at radius 3 is 2.44 bits per heavy atom. The second-order valence-electron chi connectivity index (χ2n) is 5.90. The van der Waals surface area contributed by atoms with E-state index in [-0.39, 0.29) is 11.7 Å². The Bertz CT molecular complexity index is 933. The number of fused-ring (bicyclic) bond motifs is 1. The third-order valence-electron chi connectivity index (χ3n) is 3.94. The van der Waals surface area contributed by atoms with E-state index < -0.39 is 6.10 Å². The van der Waals surface area contributed by atoms with Gasteiger partial charge in [0, 0.05) is 11.3 Å². The van der Waals surface area contributed by atoms with Crippen LogP contribution in [0.25, 0.3) is 10.8 Å². The Labute approximate surface area is 146 Å². The van der Waals surface area contributed by atoms with Crippen molar-refractivity contribution in [1.82, 2.24) is 0 Å². The lowest BCUT2D eigenvalue weighted by atomic mass is 10.1. The van der Waals surface area contributed by atoms with Crippen molar-refractivity contribution in [3.05, 3.63) is 72.3 Å². The second-order valence-corrected chi connectivity index (χ2v) is 5.90. The molecule has 0 fully saturated rings. The zero-order valence-electron chi connectivity index (χ0n) is 14.2. The van der Waals surface area contributed by atoms with Gasteiger partial charge in [0.25, 0.3) is 5.91 Å². The fraction of sp³-hybridized carbons (Fsp3) is 0.143. The fourth-order valence-electron chi connectivity index (χ4n) is 2.56. The molecule has 4 nitrogen and oxygen atoms in total. The van der Waals surface area contributed by atoms with Crippen LogP contribution in [-0.2, 0) is 4.79 Å². The number of hydrogen-bond donors (Lipinski definition) is 1. The molecule has 3 rings (SSSR count). The molecule has 1 unspecified atom stereocenters. The molecule has 126 valence electrons. The van der Waals surface area contributed by atoms with E-state index in [1.165, 1.54) is 6.92 Å². The average molecular weight is 333 g/mol. The van der Waals surface area contributed by atoms with Crippen molar-refractivity contribution in [2.24, 2.45) is 0 Å². The third-order valence-corrected chi connectivity index (χ3v) is 3.94. The van der Waals surface area contributed by atoms with Crippen LogP contribution in [0.1, 0.15) is 24.2 Å². The minimum atomic E-state index is -0.665. The molecule has 1 N–H and O–H groups in total. The van der Waals surface area contributed by atoms with Crippen LogP contribution in [0, 0.1) is 0 Å². The largest absolute Gasteiger partial charge is 0.481 e. The first-order chi connectivity index (χ1) is 12.0. The van der Waals surface area contributed by atoms with Crippen LogP contribution in [0.5, 0.6) is 5.75 Å². The molecule has 3 aromatic rings. The maximum atomic E-state index is 12.3. The van der Waals surface area contributed by atoms with Gasteiger partial charge in [-0.2, -0.15) is 0 Å². The van der Waals surface area contributed by atoms with E-state index in [1.807, 2.05) is 42.5 Å². The van der Waals surface area contributed by atoms with Crippen LogP contribution in [-0.4, -0.2) is 17.8 Å². The number of benzene rings is 3. The standard InChI is InChI=1S/C21H19NO3/c1-14(23)17-8-5-9-19(12-17)22-21(24)15(2)25-20-11-10-16-6-3-4-7-18(16)13-20/h3-13,15H,1-2H3,(H,22,24). The molecular weight excluding hydrogens is 314 g/mol. The highest BCUT2D eigenvalue weighted by atomic mass is 16.5. The van der Waals surface area contributed by atoms with Gasteiger partial charge in [0.05, 0.1) is 0 Å². The topological polar surface area (TPSA) is 55.4 Å². The van der Waals surface area contributed by atoms with Crippen LogP contribution < -0.4 is 10.1 Å². The minimum Gasteiger partial charge on any atom is -0.481 e. The molecule has 0 aliphatic rings. The number of nitrogens with one attached hydrogen (secondary N) is 1. The lowest BCUT2D eigenvalue weighted by Gasteiger charge is -2.15. The molecule has 0 saturated carbocycles. The highest BCUT2D eigenvalue weighted by Crippen LogP contribution is 2.22. The number of hydrogen-bond acceptors (Lipinski definition) is 3. The summed E-state index contributed by atoms with van der Waals surface area (Å²) in [5.74, 6) is 0.323.